The molecule has 118 valence electrons. The second-order valence-electron chi connectivity index (χ2n) is 5.93. The van der Waals surface area contributed by atoms with E-state index in [1.807, 2.05) is 39.8 Å². The number of hydrogen-bond donors (Lipinski definition) is 2. The van der Waals surface area contributed by atoms with Crippen LogP contribution in [0.3, 0.4) is 0 Å². The van der Waals surface area contributed by atoms with Crippen molar-refractivity contribution in [2.75, 3.05) is 7.11 Å². The van der Waals surface area contributed by atoms with Gasteiger partial charge < -0.3 is 9.72 Å². The molecule has 2 aromatic rings. The lowest BCUT2D eigenvalue weighted by Crippen LogP contribution is -2.30. The molecular formula is C17H22N2O3. The van der Waals surface area contributed by atoms with Crippen molar-refractivity contribution in [3.05, 3.63) is 67.0 Å². The number of ether oxygens (including phenoxy) is 1. The van der Waals surface area contributed by atoms with Crippen molar-refractivity contribution >= 4 is 0 Å². The molecule has 0 spiro atoms. The van der Waals surface area contributed by atoms with Crippen molar-refractivity contribution in [3.63, 3.8) is 0 Å². The zero-order valence-corrected chi connectivity index (χ0v) is 13.6. The molecule has 0 aliphatic carbocycles. The molecule has 0 saturated heterocycles. The lowest BCUT2D eigenvalue weighted by atomic mass is 9.94. The molecule has 5 heteroatoms. The van der Waals surface area contributed by atoms with Gasteiger partial charge >= 0.3 is 5.69 Å². The standard InChI is InChI=1S/C17H22N2O3/c1-9(2)13-14(18-17(21)19-16(13)20)15(22-5)12-7-10(3)6-11(4)8-12/h6-9,15H,1-5H3,(H2,18,19,20,21). The van der Waals surface area contributed by atoms with Crippen LogP contribution in [0.25, 0.3) is 0 Å². The first-order valence-electron chi connectivity index (χ1n) is 7.30. The van der Waals surface area contributed by atoms with Gasteiger partial charge in [0.15, 0.2) is 0 Å². The predicted octanol–water partition coefficient (Wildman–Crippen LogP) is 2.54. The van der Waals surface area contributed by atoms with Crippen molar-refractivity contribution in [3.8, 4) is 0 Å². The van der Waals surface area contributed by atoms with Crippen LogP contribution >= 0.6 is 0 Å². The Hall–Kier alpha value is -2.14. The van der Waals surface area contributed by atoms with Crippen LogP contribution in [0.4, 0.5) is 0 Å². The fourth-order valence-corrected chi connectivity index (χ4v) is 2.88. The lowest BCUT2D eigenvalue weighted by Gasteiger charge is -2.21. The highest BCUT2D eigenvalue weighted by atomic mass is 16.5. The largest absolute Gasteiger partial charge is 0.370 e. The zero-order valence-electron chi connectivity index (χ0n) is 13.6. The summed E-state index contributed by atoms with van der Waals surface area (Å²) in [6, 6.07) is 6.08. The number of rotatable bonds is 4. The minimum absolute atomic E-state index is 0.0286. The molecule has 1 aromatic heterocycles. The van der Waals surface area contributed by atoms with E-state index in [2.05, 4.69) is 16.0 Å². The first kappa shape index (κ1) is 16.2. The van der Waals surface area contributed by atoms with Crippen LogP contribution in [-0.2, 0) is 4.74 Å². The molecule has 0 aliphatic heterocycles. The van der Waals surface area contributed by atoms with E-state index in [9.17, 15) is 9.59 Å². The molecule has 0 amide bonds. The Labute approximate surface area is 129 Å². The number of nitrogens with one attached hydrogen (secondary N) is 2. The Morgan fingerprint density at radius 1 is 1.00 bits per heavy atom. The number of hydrogen-bond acceptors (Lipinski definition) is 3. The van der Waals surface area contributed by atoms with Gasteiger partial charge in [0.2, 0.25) is 0 Å². The molecule has 1 unspecified atom stereocenters. The molecule has 1 heterocycles. The normalized spacial score (nSPS) is 12.6. The molecule has 0 bridgehead atoms. The summed E-state index contributed by atoms with van der Waals surface area (Å²) in [5.74, 6) is -0.0286. The molecule has 0 saturated carbocycles. The summed E-state index contributed by atoms with van der Waals surface area (Å²) in [5, 5.41) is 0. The van der Waals surface area contributed by atoms with Crippen LogP contribution in [0.5, 0.6) is 0 Å². The number of aryl methyl sites for hydroxylation is 2. The van der Waals surface area contributed by atoms with Crippen LogP contribution in [0.15, 0.2) is 27.8 Å². The summed E-state index contributed by atoms with van der Waals surface area (Å²) in [6.07, 6.45) is -0.481. The second-order valence-corrected chi connectivity index (χ2v) is 5.93. The van der Waals surface area contributed by atoms with Gasteiger partial charge in [0.05, 0.1) is 5.69 Å². The van der Waals surface area contributed by atoms with Gasteiger partial charge in [-0.3, -0.25) is 9.78 Å². The molecule has 1 atom stereocenters. The third-order valence-corrected chi connectivity index (χ3v) is 3.63. The van der Waals surface area contributed by atoms with Crippen LogP contribution < -0.4 is 11.2 Å². The second kappa shape index (κ2) is 6.32. The van der Waals surface area contributed by atoms with Gasteiger partial charge in [0, 0.05) is 12.7 Å². The monoisotopic (exact) mass is 302 g/mol. The maximum atomic E-state index is 12.2. The van der Waals surface area contributed by atoms with E-state index in [1.54, 1.807) is 7.11 Å². The van der Waals surface area contributed by atoms with Gasteiger partial charge in [0.25, 0.3) is 5.56 Å². The minimum atomic E-state index is -0.518. The number of aromatic amines is 2. The van der Waals surface area contributed by atoms with Gasteiger partial charge in [-0.15, -0.1) is 0 Å². The summed E-state index contributed by atoms with van der Waals surface area (Å²) < 4.78 is 5.61. The molecule has 5 nitrogen and oxygen atoms in total. The predicted molar refractivity (Wildman–Crippen MR) is 86.5 cm³/mol. The molecule has 1 aromatic carbocycles. The molecule has 2 N–H and O–H groups in total. The van der Waals surface area contributed by atoms with Gasteiger partial charge in [-0.2, -0.15) is 0 Å². The van der Waals surface area contributed by atoms with Crippen molar-refractivity contribution in [2.24, 2.45) is 0 Å². The first-order valence-corrected chi connectivity index (χ1v) is 7.30. The van der Waals surface area contributed by atoms with Crippen LogP contribution in [0, 0.1) is 13.8 Å². The topological polar surface area (TPSA) is 75.0 Å². The summed E-state index contributed by atoms with van der Waals surface area (Å²) in [4.78, 5) is 28.9. The SMILES string of the molecule is COC(c1cc(C)cc(C)c1)c1[nH]c(=O)[nH]c(=O)c1C(C)C. The van der Waals surface area contributed by atoms with E-state index in [0.717, 1.165) is 16.7 Å². The van der Waals surface area contributed by atoms with Crippen LogP contribution in [-0.4, -0.2) is 17.1 Å². The Morgan fingerprint density at radius 2 is 1.59 bits per heavy atom. The first-order chi connectivity index (χ1) is 10.3. The summed E-state index contributed by atoms with van der Waals surface area (Å²) in [6.45, 7) is 7.85. The van der Waals surface area contributed by atoms with E-state index in [1.165, 1.54) is 0 Å². The Balaban J connectivity index is 2.70. The maximum absolute atomic E-state index is 12.2. The molecule has 2 rings (SSSR count). The van der Waals surface area contributed by atoms with Crippen LogP contribution in [0.2, 0.25) is 0 Å². The number of methoxy groups -OCH3 is 1. The quantitative estimate of drug-likeness (QED) is 0.911. The van der Waals surface area contributed by atoms with E-state index < -0.39 is 11.8 Å². The minimum Gasteiger partial charge on any atom is -0.370 e. The molecule has 0 aliphatic rings. The molecule has 0 radical (unpaired) electrons. The van der Waals surface area contributed by atoms with Crippen LogP contribution in [0.1, 0.15) is 53.8 Å². The summed E-state index contributed by atoms with van der Waals surface area (Å²) in [7, 11) is 1.58. The van der Waals surface area contributed by atoms with Crippen molar-refractivity contribution < 1.29 is 4.74 Å². The van der Waals surface area contributed by atoms with Gasteiger partial charge in [-0.25, -0.2) is 4.79 Å². The third-order valence-electron chi connectivity index (χ3n) is 3.63. The number of benzene rings is 1. The van der Waals surface area contributed by atoms with Gasteiger partial charge in [-0.1, -0.05) is 43.2 Å². The third kappa shape index (κ3) is 3.20. The average Bonchev–Trinajstić information content (AvgIpc) is 2.36. The van der Waals surface area contributed by atoms with Gasteiger partial charge in [-0.05, 0) is 25.3 Å². The highest BCUT2D eigenvalue weighted by Gasteiger charge is 2.23. The van der Waals surface area contributed by atoms with E-state index in [4.69, 9.17) is 4.74 Å². The van der Waals surface area contributed by atoms with E-state index in [0.29, 0.717) is 11.3 Å². The summed E-state index contributed by atoms with van der Waals surface area (Å²) in [5.41, 5.74) is 3.33. The van der Waals surface area contributed by atoms with E-state index in [-0.39, 0.29) is 11.5 Å². The van der Waals surface area contributed by atoms with Crippen molar-refractivity contribution in [1.82, 2.24) is 9.97 Å². The van der Waals surface area contributed by atoms with E-state index >= 15 is 0 Å². The fourth-order valence-electron chi connectivity index (χ4n) is 2.88. The van der Waals surface area contributed by atoms with Gasteiger partial charge in [0.1, 0.15) is 6.10 Å². The molecule has 22 heavy (non-hydrogen) atoms. The smallest absolute Gasteiger partial charge is 0.326 e. The lowest BCUT2D eigenvalue weighted by molar-refractivity contribution is 0.131. The Bertz CT molecular complexity index is 767. The number of H-pyrrole nitrogens is 2. The fraction of sp³-hybridized carbons (Fsp3) is 0.412. The summed E-state index contributed by atoms with van der Waals surface area (Å²) >= 11 is 0. The van der Waals surface area contributed by atoms with Crippen molar-refractivity contribution in [2.45, 2.75) is 39.7 Å². The number of aromatic nitrogens is 2. The average molecular weight is 302 g/mol. The maximum Gasteiger partial charge on any atom is 0.326 e. The van der Waals surface area contributed by atoms with Crippen molar-refractivity contribution in [1.29, 1.82) is 0 Å². The Kier molecular flexibility index (Phi) is 4.66. The Morgan fingerprint density at radius 3 is 2.09 bits per heavy atom. The molecule has 0 fully saturated rings. The highest BCUT2D eigenvalue weighted by molar-refractivity contribution is 5.36. The zero-order chi connectivity index (χ0) is 16.4. The highest BCUT2D eigenvalue weighted by Crippen LogP contribution is 2.28. The molecular weight excluding hydrogens is 280 g/mol.